The zero-order chi connectivity index (χ0) is 28.8. The van der Waals surface area contributed by atoms with Gasteiger partial charge in [-0.05, 0) is 54.8 Å². The molecule has 0 aliphatic carbocycles. The van der Waals surface area contributed by atoms with Crippen molar-refractivity contribution in [3.8, 4) is 11.5 Å². The maximum absolute atomic E-state index is 12.9. The zero-order valence-electron chi connectivity index (χ0n) is 22.2. The summed E-state index contributed by atoms with van der Waals surface area (Å²) >= 11 is 0. The fraction of sp³-hybridized carbons (Fsp3) is 0.207. The second-order valence-electron chi connectivity index (χ2n) is 9.17. The molecule has 4 rings (SSSR count). The van der Waals surface area contributed by atoms with Crippen LogP contribution < -0.4 is 15.8 Å². The van der Waals surface area contributed by atoms with Crippen molar-refractivity contribution in [1.29, 1.82) is 0 Å². The van der Waals surface area contributed by atoms with Crippen LogP contribution >= 0.6 is 0 Å². The van der Waals surface area contributed by atoms with Crippen LogP contribution in [0.3, 0.4) is 0 Å². The SMILES string of the molecule is Cc1cc(C(=O)NCC(/C=N\C(=O)OCc2ccccc2)C(=O)O)cc(C)c1Oc1cccc2c1nc(N)n2C. The van der Waals surface area contributed by atoms with Crippen LogP contribution in [0.15, 0.2) is 65.7 Å². The molecular weight excluding hydrogens is 514 g/mol. The molecule has 0 bridgehead atoms. The van der Waals surface area contributed by atoms with Gasteiger partial charge < -0.3 is 30.2 Å². The molecule has 1 unspecified atom stereocenters. The Morgan fingerprint density at radius 1 is 1.10 bits per heavy atom. The third-order valence-electron chi connectivity index (χ3n) is 6.21. The Labute approximate surface area is 230 Å². The number of fused-ring (bicyclic) bond motifs is 1. The van der Waals surface area contributed by atoms with E-state index in [4.69, 9.17) is 15.2 Å². The van der Waals surface area contributed by atoms with Crippen LogP contribution in [0.4, 0.5) is 10.7 Å². The standard InChI is InChI=1S/C29H29N5O6/c1-17-12-20(13-18(2)25(17)40-23-11-7-10-22-24(23)33-28(30)34(22)3)26(35)31-14-21(27(36)37)15-32-29(38)39-16-19-8-5-4-6-9-19/h4-13,15,21H,14,16H2,1-3H3,(H2,30,33)(H,31,35)(H,36,37)/b32-15-. The number of carboxylic acid groups (broad SMARTS) is 1. The summed E-state index contributed by atoms with van der Waals surface area (Å²) in [4.78, 5) is 44.4. The number of carbonyl (C=O) groups is 3. The Morgan fingerprint density at radius 3 is 2.48 bits per heavy atom. The number of hydrogen-bond acceptors (Lipinski definition) is 7. The van der Waals surface area contributed by atoms with Crippen LogP contribution in [0.2, 0.25) is 0 Å². The van der Waals surface area contributed by atoms with Gasteiger partial charge in [0.05, 0.1) is 5.52 Å². The van der Waals surface area contributed by atoms with E-state index in [1.165, 1.54) is 0 Å². The number of benzene rings is 3. The minimum absolute atomic E-state index is 0.00889. The van der Waals surface area contributed by atoms with E-state index in [0.29, 0.717) is 39.7 Å². The molecule has 4 N–H and O–H groups in total. The lowest BCUT2D eigenvalue weighted by Gasteiger charge is -2.15. The molecule has 0 fully saturated rings. The third-order valence-corrected chi connectivity index (χ3v) is 6.21. The van der Waals surface area contributed by atoms with Crippen LogP contribution in [0.1, 0.15) is 27.0 Å². The van der Waals surface area contributed by atoms with Gasteiger partial charge in [-0.25, -0.2) is 9.78 Å². The molecule has 0 aliphatic rings. The van der Waals surface area contributed by atoms with Crippen LogP contribution in [0.25, 0.3) is 11.0 Å². The number of aliphatic carboxylic acids is 1. The molecule has 1 heterocycles. The van der Waals surface area contributed by atoms with Crippen molar-refractivity contribution in [1.82, 2.24) is 14.9 Å². The molecule has 0 spiro atoms. The molecule has 2 amide bonds. The van der Waals surface area contributed by atoms with Crippen molar-refractivity contribution in [2.24, 2.45) is 18.0 Å². The molecule has 1 aromatic heterocycles. The Hall–Kier alpha value is -5.19. The number of nitrogen functional groups attached to an aromatic ring is 1. The summed E-state index contributed by atoms with van der Waals surface area (Å²) < 4.78 is 13.0. The second kappa shape index (κ2) is 12.1. The summed E-state index contributed by atoms with van der Waals surface area (Å²) in [6.07, 6.45) is 0.0290. The van der Waals surface area contributed by atoms with Crippen molar-refractivity contribution < 1.29 is 29.0 Å². The van der Waals surface area contributed by atoms with Gasteiger partial charge in [0, 0.05) is 25.4 Å². The summed E-state index contributed by atoms with van der Waals surface area (Å²) in [5.74, 6) is -1.51. The van der Waals surface area contributed by atoms with Crippen LogP contribution in [-0.4, -0.2) is 45.4 Å². The molecule has 206 valence electrons. The van der Waals surface area contributed by atoms with Crippen molar-refractivity contribution in [3.63, 3.8) is 0 Å². The molecule has 11 heteroatoms. The number of amides is 2. The molecular formula is C29H29N5O6. The number of aryl methyl sites for hydroxylation is 3. The van der Waals surface area contributed by atoms with Gasteiger partial charge in [-0.3, -0.25) is 9.59 Å². The van der Waals surface area contributed by atoms with Crippen molar-refractivity contribution in [2.45, 2.75) is 20.5 Å². The minimum Gasteiger partial charge on any atom is -0.481 e. The zero-order valence-corrected chi connectivity index (χ0v) is 22.2. The van der Waals surface area contributed by atoms with E-state index in [-0.39, 0.29) is 13.2 Å². The lowest BCUT2D eigenvalue weighted by molar-refractivity contribution is -0.139. The van der Waals surface area contributed by atoms with Crippen molar-refractivity contribution in [3.05, 3.63) is 82.9 Å². The monoisotopic (exact) mass is 543 g/mol. The molecule has 1 atom stereocenters. The first-order valence-electron chi connectivity index (χ1n) is 12.4. The van der Waals surface area contributed by atoms with Gasteiger partial charge in [0.1, 0.15) is 23.8 Å². The number of hydrogen-bond donors (Lipinski definition) is 3. The van der Waals surface area contributed by atoms with Crippen LogP contribution in [-0.2, 0) is 23.2 Å². The summed E-state index contributed by atoms with van der Waals surface area (Å²) in [5.41, 5.74) is 9.88. The topological polar surface area (TPSA) is 158 Å². The highest BCUT2D eigenvalue weighted by Gasteiger charge is 2.19. The molecule has 0 saturated carbocycles. The first-order valence-corrected chi connectivity index (χ1v) is 12.4. The third kappa shape index (κ3) is 6.44. The number of para-hydroxylation sites is 1. The second-order valence-corrected chi connectivity index (χ2v) is 9.17. The van der Waals surface area contributed by atoms with E-state index in [0.717, 1.165) is 17.3 Å². The van der Waals surface area contributed by atoms with Gasteiger partial charge in [0.15, 0.2) is 5.75 Å². The number of nitrogens with two attached hydrogens (primary N) is 1. The molecule has 11 nitrogen and oxygen atoms in total. The van der Waals surface area contributed by atoms with Gasteiger partial charge in [-0.2, -0.15) is 4.99 Å². The van der Waals surface area contributed by atoms with Crippen molar-refractivity contribution >= 4 is 41.2 Å². The van der Waals surface area contributed by atoms with Crippen molar-refractivity contribution in [2.75, 3.05) is 12.3 Å². The highest BCUT2D eigenvalue weighted by atomic mass is 16.5. The summed E-state index contributed by atoms with van der Waals surface area (Å²) in [7, 11) is 1.82. The number of ether oxygens (including phenoxy) is 2. The highest BCUT2D eigenvalue weighted by Crippen LogP contribution is 2.34. The summed E-state index contributed by atoms with van der Waals surface area (Å²) in [6, 6.07) is 17.8. The molecule has 40 heavy (non-hydrogen) atoms. The average molecular weight is 544 g/mol. The van der Waals surface area contributed by atoms with Crippen LogP contribution in [0.5, 0.6) is 11.5 Å². The summed E-state index contributed by atoms with van der Waals surface area (Å²) in [6.45, 7) is 3.34. The lowest BCUT2D eigenvalue weighted by atomic mass is 10.0. The molecule has 3 aromatic carbocycles. The lowest BCUT2D eigenvalue weighted by Crippen LogP contribution is -2.34. The van der Waals surface area contributed by atoms with Gasteiger partial charge in [-0.15, -0.1) is 0 Å². The van der Waals surface area contributed by atoms with E-state index < -0.39 is 23.9 Å². The van der Waals surface area contributed by atoms with Gasteiger partial charge in [-0.1, -0.05) is 36.4 Å². The number of rotatable bonds is 9. The largest absolute Gasteiger partial charge is 0.481 e. The number of nitrogens with one attached hydrogen (secondary N) is 1. The number of anilines is 1. The van der Waals surface area contributed by atoms with E-state index in [2.05, 4.69) is 15.3 Å². The van der Waals surface area contributed by atoms with Gasteiger partial charge >= 0.3 is 12.1 Å². The number of imidazole rings is 1. The summed E-state index contributed by atoms with van der Waals surface area (Å²) in [5, 5.41) is 12.1. The Kier molecular flexibility index (Phi) is 8.43. The Morgan fingerprint density at radius 2 is 1.80 bits per heavy atom. The number of aromatic nitrogens is 2. The first-order chi connectivity index (χ1) is 19.1. The van der Waals surface area contributed by atoms with Gasteiger partial charge in [0.2, 0.25) is 5.95 Å². The maximum atomic E-state index is 12.9. The van der Waals surface area contributed by atoms with E-state index in [1.807, 2.05) is 25.2 Å². The molecule has 0 aliphatic heterocycles. The predicted octanol–water partition coefficient (Wildman–Crippen LogP) is 4.40. The number of carbonyl (C=O) groups excluding carboxylic acids is 2. The molecule has 0 saturated heterocycles. The molecule has 4 aromatic rings. The van der Waals surface area contributed by atoms with Gasteiger partial charge in [0.25, 0.3) is 5.91 Å². The number of nitrogens with zero attached hydrogens (tertiary/aromatic N) is 3. The Bertz CT molecular complexity index is 1570. The minimum atomic E-state index is -1.25. The smallest absolute Gasteiger partial charge is 0.433 e. The Balaban J connectivity index is 1.40. The van der Waals surface area contributed by atoms with E-state index in [9.17, 15) is 19.5 Å². The normalized spacial score (nSPS) is 11.9. The average Bonchev–Trinajstić information content (AvgIpc) is 3.23. The maximum Gasteiger partial charge on any atom is 0.433 e. The predicted molar refractivity (Wildman–Crippen MR) is 150 cm³/mol. The number of carboxylic acids is 1. The van der Waals surface area contributed by atoms with E-state index in [1.54, 1.807) is 60.9 Å². The number of aliphatic imine (C=N–C) groups is 1. The van der Waals surface area contributed by atoms with Crippen LogP contribution in [0, 0.1) is 19.8 Å². The highest BCUT2D eigenvalue weighted by molar-refractivity contribution is 5.97. The first kappa shape index (κ1) is 27.8. The fourth-order valence-electron chi connectivity index (χ4n) is 4.06. The molecule has 0 radical (unpaired) electrons. The quantitative estimate of drug-likeness (QED) is 0.262. The fourth-order valence-corrected chi connectivity index (χ4v) is 4.06. The van der Waals surface area contributed by atoms with E-state index >= 15 is 0 Å².